The second kappa shape index (κ2) is 5.98. The van der Waals surface area contributed by atoms with Gasteiger partial charge in [-0.1, -0.05) is 28.4 Å². The van der Waals surface area contributed by atoms with E-state index in [1.807, 2.05) is 6.92 Å². The zero-order valence-corrected chi connectivity index (χ0v) is 13.4. The number of benzene rings is 1. The Labute approximate surface area is 136 Å². The highest BCUT2D eigenvalue weighted by molar-refractivity contribution is 6.31. The van der Waals surface area contributed by atoms with E-state index in [-0.39, 0.29) is 0 Å². The van der Waals surface area contributed by atoms with Crippen LogP contribution in [0.2, 0.25) is 10.0 Å². The van der Waals surface area contributed by atoms with E-state index in [9.17, 15) is 0 Å². The molecule has 0 aliphatic carbocycles. The molecular formula is C14H12Cl2N4O2. The molecule has 0 fully saturated rings. The Morgan fingerprint density at radius 3 is 2.82 bits per heavy atom. The first-order valence-electron chi connectivity index (χ1n) is 6.43. The van der Waals surface area contributed by atoms with Crippen molar-refractivity contribution in [2.45, 2.75) is 13.5 Å². The van der Waals surface area contributed by atoms with Crippen molar-refractivity contribution in [3.05, 3.63) is 46.0 Å². The van der Waals surface area contributed by atoms with E-state index in [4.69, 9.17) is 32.5 Å². The Hall–Kier alpha value is -2.05. The van der Waals surface area contributed by atoms with E-state index in [1.54, 1.807) is 36.2 Å². The molecule has 6 nitrogen and oxygen atoms in total. The summed E-state index contributed by atoms with van der Waals surface area (Å²) in [6.45, 7) is 2.21. The minimum absolute atomic E-state index is 0.342. The van der Waals surface area contributed by atoms with Crippen LogP contribution in [0, 0.1) is 6.92 Å². The van der Waals surface area contributed by atoms with Crippen molar-refractivity contribution in [1.82, 2.24) is 19.9 Å². The standard InChI is InChI=1S/C14H12Cl2N4O2/c1-8-11(16)6-17-20(8)7-13-18-14(19-22-13)10-5-9(15)3-4-12(10)21-2/h3-6H,7H2,1-2H3. The van der Waals surface area contributed by atoms with Crippen molar-refractivity contribution in [2.75, 3.05) is 7.11 Å². The molecule has 2 heterocycles. The minimum atomic E-state index is 0.342. The van der Waals surface area contributed by atoms with Crippen molar-refractivity contribution >= 4 is 23.2 Å². The summed E-state index contributed by atoms with van der Waals surface area (Å²) in [5, 5.41) is 9.28. The summed E-state index contributed by atoms with van der Waals surface area (Å²) in [5.41, 5.74) is 1.50. The largest absolute Gasteiger partial charge is 0.496 e. The summed E-state index contributed by atoms with van der Waals surface area (Å²) in [6, 6.07) is 5.22. The molecule has 0 bridgehead atoms. The van der Waals surface area contributed by atoms with Gasteiger partial charge in [-0.3, -0.25) is 4.68 Å². The highest BCUT2D eigenvalue weighted by Crippen LogP contribution is 2.30. The Morgan fingerprint density at radius 2 is 2.14 bits per heavy atom. The molecule has 0 unspecified atom stereocenters. The van der Waals surface area contributed by atoms with Crippen LogP contribution >= 0.6 is 23.2 Å². The van der Waals surface area contributed by atoms with Crippen molar-refractivity contribution in [1.29, 1.82) is 0 Å². The van der Waals surface area contributed by atoms with Gasteiger partial charge in [-0.25, -0.2) is 0 Å². The van der Waals surface area contributed by atoms with Gasteiger partial charge in [0.25, 0.3) is 0 Å². The van der Waals surface area contributed by atoms with Crippen LogP contribution in [-0.4, -0.2) is 27.0 Å². The maximum Gasteiger partial charge on any atom is 0.248 e. The van der Waals surface area contributed by atoms with Crippen LogP contribution in [0.5, 0.6) is 5.75 Å². The first-order valence-corrected chi connectivity index (χ1v) is 7.18. The van der Waals surface area contributed by atoms with Crippen LogP contribution < -0.4 is 4.74 Å². The smallest absolute Gasteiger partial charge is 0.248 e. The molecule has 2 aromatic heterocycles. The molecule has 0 saturated heterocycles. The van der Waals surface area contributed by atoms with E-state index >= 15 is 0 Å². The second-order valence-corrected chi connectivity index (χ2v) is 5.44. The summed E-state index contributed by atoms with van der Waals surface area (Å²) in [7, 11) is 1.57. The third-order valence-electron chi connectivity index (χ3n) is 3.20. The fourth-order valence-electron chi connectivity index (χ4n) is 1.99. The first-order chi connectivity index (χ1) is 10.6. The van der Waals surface area contributed by atoms with Gasteiger partial charge in [-0.05, 0) is 25.1 Å². The van der Waals surface area contributed by atoms with Crippen LogP contribution in [0.15, 0.2) is 28.9 Å². The van der Waals surface area contributed by atoms with Gasteiger partial charge >= 0.3 is 0 Å². The molecule has 0 aliphatic heterocycles. The molecule has 0 radical (unpaired) electrons. The van der Waals surface area contributed by atoms with Crippen LogP contribution in [0.3, 0.4) is 0 Å². The molecule has 1 aromatic carbocycles. The predicted molar refractivity (Wildman–Crippen MR) is 82.4 cm³/mol. The number of halogens is 2. The van der Waals surface area contributed by atoms with Gasteiger partial charge in [-0.2, -0.15) is 10.1 Å². The van der Waals surface area contributed by atoms with Crippen LogP contribution in [-0.2, 0) is 6.54 Å². The minimum Gasteiger partial charge on any atom is -0.496 e. The van der Waals surface area contributed by atoms with Crippen LogP contribution in [0.4, 0.5) is 0 Å². The summed E-state index contributed by atoms with van der Waals surface area (Å²) in [6.07, 6.45) is 1.58. The summed E-state index contributed by atoms with van der Waals surface area (Å²) in [4.78, 5) is 4.36. The van der Waals surface area contributed by atoms with Crippen molar-refractivity contribution in [2.24, 2.45) is 0 Å². The first kappa shape index (κ1) is 14.9. The van der Waals surface area contributed by atoms with E-state index in [2.05, 4.69) is 15.2 Å². The lowest BCUT2D eigenvalue weighted by atomic mass is 10.2. The Balaban J connectivity index is 1.91. The summed E-state index contributed by atoms with van der Waals surface area (Å²) < 4.78 is 12.2. The van der Waals surface area contributed by atoms with E-state index in [1.165, 1.54) is 0 Å². The third kappa shape index (κ3) is 2.80. The molecule has 0 atom stereocenters. The molecule has 0 N–H and O–H groups in total. The fourth-order valence-corrected chi connectivity index (χ4v) is 2.31. The molecule has 0 aliphatic rings. The number of hydrogen-bond acceptors (Lipinski definition) is 5. The molecule has 8 heteroatoms. The predicted octanol–water partition coefficient (Wildman–Crippen LogP) is 3.61. The zero-order valence-electron chi connectivity index (χ0n) is 11.9. The molecule has 3 rings (SSSR count). The van der Waals surface area contributed by atoms with Gasteiger partial charge in [0.1, 0.15) is 12.3 Å². The molecular weight excluding hydrogens is 327 g/mol. The number of rotatable bonds is 4. The second-order valence-electron chi connectivity index (χ2n) is 4.59. The fraction of sp³-hybridized carbons (Fsp3) is 0.214. The maximum atomic E-state index is 6.01. The Morgan fingerprint density at radius 1 is 1.32 bits per heavy atom. The molecule has 114 valence electrons. The normalized spacial score (nSPS) is 10.9. The van der Waals surface area contributed by atoms with Crippen molar-refractivity contribution in [3.63, 3.8) is 0 Å². The van der Waals surface area contributed by atoms with Gasteiger partial charge in [0.05, 0.1) is 29.6 Å². The summed E-state index contributed by atoms with van der Waals surface area (Å²) >= 11 is 12.0. The highest BCUT2D eigenvalue weighted by Gasteiger charge is 2.15. The van der Waals surface area contributed by atoms with Crippen LogP contribution in [0.25, 0.3) is 11.4 Å². The van der Waals surface area contributed by atoms with Crippen LogP contribution in [0.1, 0.15) is 11.6 Å². The van der Waals surface area contributed by atoms with E-state index in [0.29, 0.717) is 39.6 Å². The Kier molecular flexibility index (Phi) is 4.04. The number of methoxy groups -OCH3 is 1. The average molecular weight is 339 g/mol. The number of ether oxygens (including phenoxy) is 1. The van der Waals surface area contributed by atoms with Gasteiger partial charge < -0.3 is 9.26 Å². The number of nitrogens with zero attached hydrogens (tertiary/aromatic N) is 4. The summed E-state index contributed by atoms with van der Waals surface area (Å²) in [5.74, 6) is 1.44. The van der Waals surface area contributed by atoms with Gasteiger partial charge in [0.2, 0.25) is 11.7 Å². The molecule has 3 aromatic rings. The quantitative estimate of drug-likeness (QED) is 0.726. The molecule has 0 spiro atoms. The lowest BCUT2D eigenvalue weighted by molar-refractivity contribution is 0.364. The SMILES string of the molecule is COc1ccc(Cl)cc1-c1noc(Cn2ncc(Cl)c2C)n1. The van der Waals surface area contributed by atoms with Gasteiger partial charge in [0.15, 0.2) is 0 Å². The third-order valence-corrected chi connectivity index (χ3v) is 3.81. The Bertz CT molecular complexity index is 813. The van der Waals surface area contributed by atoms with Gasteiger partial charge in [-0.15, -0.1) is 0 Å². The molecule has 0 amide bonds. The average Bonchev–Trinajstić information content (AvgIpc) is 3.10. The highest BCUT2D eigenvalue weighted by atomic mass is 35.5. The lowest BCUT2D eigenvalue weighted by Crippen LogP contribution is -2.03. The number of aromatic nitrogens is 4. The molecule has 22 heavy (non-hydrogen) atoms. The maximum absolute atomic E-state index is 6.01. The zero-order chi connectivity index (χ0) is 15.7. The van der Waals surface area contributed by atoms with Gasteiger partial charge in [0, 0.05) is 5.02 Å². The topological polar surface area (TPSA) is 66.0 Å². The van der Waals surface area contributed by atoms with Crippen molar-refractivity contribution < 1.29 is 9.26 Å². The monoisotopic (exact) mass is 338 g/mol. The van der Waals surface area contributed by atoms with Crippen molar-refractivity contribution in [3.8, 4) is 17.1 Å². The molecule has 0 saturated carbocycles. The number of hydrogen-bond donors (Lipinski definition) is 0. The van der Waals surface area contributed by atoms with E-state index in [0.717, 1.165) is 5.69 Å². The van der Waals surface area contributed by atoms with E-state index < -0.39 is 0 Å². The lowest BCUT2D eigenvalue weighted by Gasteiger charge is -2.04.